The van der Waals surface area contributed by atoms with Gasteiger partial charge in [-0.05, 0) is 55.9 Å². The summed E-state index contributed by atoms with van der Waals surface area (Å²) in [7, 11) is 1.64. The number of ether oxygens (including phenoxy) is 1. The number of aryl methyl sites for hydroxylation is 1. The fourth-order valence-electron chi connectivity index (χ4n) is 5.52. The van der Waals surface area contributed by atoms with Crippen LogP contribution in [0.3, 0.4) is 0 Å². The lowest BCUT2D eigenvalue weighted by atomic mass is 9.84. The summed E-state index contributed by atoms with van der Waals surface area (Å²) in [6.07, 6.45) is 1.56. The zero-order chi connectivity index (χ0) is 29.7. The summed E-state index contributed by atoms with van der Waals surface area (Å²) in [6.45, 7) is 14.5. The van der Waals surface area contributed by atoms with Crippen LogP contribution in [0.1, 0.15) is 53.0 Å². The van der Waals surface area contributed by atoms with Crippen LogP contribution >= 0.6 is 11.8 Å². The zero-order valence-corrected chi connectivity index (χ0v) is 26.2. The van der Waals surface area contributed by atoms with E-state index in [0.717, 1.165) is 23.4 Å². The lowest BCUT2D eigenvalue weighted by Crippen LogP contribution is -2.56. The Morgan fingerprint density at radius 2 is 1.71 bits per heavy atom. The molecule has 0 spiro atoms. The molecule has 1 aliphatic heterocycles. The third-order valence-corrected chi connectivity index (χ3v) is 8.30. The number of rotatable bonds is 9. The second kappa shape index (κ2) is 13.1. The van der Waals surface area contributed by atoms with Crippen LogP contribution in [0.25, 0.3) is 17.1 Å². The molecule has 2 amide bonds. The van der Waals surface area contributed by atoms with E-state index in [1.165, 1.54) is 17.3 Å². The van der Waals surface area contributed by atoms with Crippen LogP contribution in [0.15, 0.2) is 53.7 Å². The van der Waals surface area contributed by atoms with Gasteiger partial charge >= 0.3 is 0 Å². The Kier molecular flexibility index (Phi) is 9.79. The highest BCUT2D eigenvalue weighted by atomic mass is 32.2. The molecule has 1 saturated heterocycles. The van der Waals surface area contributed by atoms with Gasteiger partial charge in [-0.25, -0.2) is 0 Å². The molecule has 0 N–H and O–H groups in total. The first-order valence-corrected chi connectivity index (χ1v) is 15.3. The smallest absolute Gasteiger partial charge is 0.233 e. The van der Waals surface area contributed by atoms with Crippen LogP contribution in [0.5, 0.6) is 5.75 Å². The summed E-state index contributed by atoms with van der Waals surface area (Å²) in [6, 6.07) is 15.9. The average molecular weight is 578 g/mol. The van der Waals surface area contributed by atoms with E-state index in [1.807, 2.05) is 57.7 Å². The second-order valence-electron chi connectivity index (χ2n) is 12.3. The van der Waals surface area contributed by atoms with Crippen LogP contribution < -0.4 is 4.74 Å². The molecule has 2 unspecified atom stereocenters. The van der Waals surface area contributed by atoms with Gasteiger partial charge in [0, 0.05) is 43.3 Å². The van der Waals surface area contributed by atoms with Crippen LogP contribution in [-0.4, -0.2) is 74.9 Å². The van der Waals surface area contributed by atoms with E-state index in [-0.39, 0.29) is 29.0 Å². The van der Waals surface area contributed by atoms with Crippen molar-refractivity contribution >= 4 is 23.6 Å². The number of nitrogens with zero attached hydrogens (tertiary/aromatic N) is 5. The van der Waals surface area contributed by atoms with Crippen molar-refractivity contribution < 1.29 is 14.3 Å². The standard InChI is InChI=1S/C32H43N5O3S/c1-22-8-10-25(11-9-22)30-33-34-31(37(30)26-12-14-27(40-7)15-13-26)41-21-29(39)35-16-17-36(24(3)20-35)28(38)18-23(2)19-32(4,5)6/h8-15,23-24H,16-21H2,1-7H3. The largest absolute Gasteiger partial charge is 0.497 e. The quantitative estimate of drug-likeness (QED) is 0.296. The number of hydrogen-bond donors (Lipinski definition) is 0. The van der Waals surface area contributed by atoms with Crippen LogP contribution in [-0.2, 0) is 9.59 Å². The zero-order valence-electron chi connectivity index (χ0n) is 25.4. The van der Waals surface area contributed by atoms with Gasteiger partial charge in [-0.3, -0.25) is 14.2 Å². The minimum Gasteiger partial charge on any atom is -0.497 e. The SMILES string of the molecule is COc1ccc(-n2c(SCC(=O)N3CCN(C(=O)CC(C)CC(C)(C)C)C(C)C3)nnc2-c2ccc(C)cc2)cc1. The third kappa shape index (κ3) is 7.91. The maximum atomic E-state index is 13.3. The predicted molar refractivity (Wildman–Crippen MR) is 164 cm³/mol. The monoisotopic (exact) mass is 577 g/mol. The van der Waals surface area contributed by atoms with Crippen LogP contribution in [0.2, 0.25) is 0 Å². The molecule has 2 heterocycles. The van der Waals surface area contributed by atoms with Crippen molar-refractivity contribution in [2.45, 2.75) is 65.6 Å². The van der Waals surface area contributed by atoms with E-state index < -0.39 is 0 Å². The Hall–Kier alpha value is -3.33. The van der Waals surface area contributed by atoms with Gasteiger partial charge in [0.15, 0.2) is 11.0 Å². The van der Waals surface area contributed by atoms with Gasteiger partial charge < -0.3 is 14.5 Å². The first-order valence-electron chi connectivity index (χ1n) is 14.3. The number of amides is 2. The van der Waals surface area contributed by atoms with Gasteiger partial charge in [0.05, 0.1) is 12.9 Å². The summed E-state index contributed by atoms with van der Waals surface area (Å²) in [5.74, 6) is 2.28. The number of methoxy groups -OCH3 is 1. The van der Waals surface area contributed by atoms with Gasteiger partial charge in [0.25, 0.3) is 0 Å². The van der Waals surface area contributed by atoms with Crippen LogP contribution in [0, 0.1) is 18.3 Å². The molecule has 4 rings (SSSR count). The number of thioether (sulfide) groups is 1. The van der Waals surface area contributed by atoms with Crippen molar-refractivity contribution in [1.29, 1.82) is 0 Å². The molecule has 2 aromatic carbocycles. The second-order valence-corrected chi connectivity index (χ2v) is 13.3. The van der Waals surface area contributed by atoms with Crippen molar-refractivity contribution in [2.24, 2.45) is 11.3 Å². The van der Waals surface area contributed by atoms with E-state index in [0.29, 0.717) is 43.0 Å². The minimum absolute atomic E-state index is 0.0110. The van der Waals surface area contributed by atoms with Crippen LogP contribution in [0.4, 0.5) is 0 Å². The van der Waals surface area contributed by atoms with E-state index in [2.05, 4.69) is 56.9 Å². The molecule has 0 aliphatic carbocycles. The van der Waals surface area contributed by atoms with E-state index in [9.17, 15) is 9.59 Å². The minimum atomic E-state index is -0.0110. The lowest BCUT2D eigenvalue weighted by molar-refractivity contribution is -0.142. The Labute approximate surface area is 248 Å². The summed E-state index contributed by atoms with van der Waals surface area (Å²) in [5, 5.41) is 9.63. The normalized spacial score (nSPS) is 16.5. The molecule has 9 heteroatoms. The van der Waals surface area contributed by atoms with Gasteiger partial charge in [-0.2, -0.15) is 0 Å². The first kappa shape index (κ1) is 30.6. The Morgan fingerprint density at radius 3 is 2.32 bits per heavy atom. The van der Waals surface area contributed by atoms with Crippen molar-refractivity contribution in [3.8, 4) is 22.8 Å². The summed E-state index contributed by atoms with van der Waals surface area (Å²) in [4.78, 5) is 30.2. The maximum Gasteiger partial charge on any atom is 0.233 e. The molecule has 1 aliphatic rings. The molecule has 3 aromatic rings. The molecule has 2 atom stereocenters. The number of hydrogen-bond acceptors (Lipinski definition) is 6. The predicted octanol–water partition coefficient (Wildman–Crippen LogP) is 5.87. The molecule has 0 radical (unpaired) electrons. The summed E-state index contributed by atoms with van der Waals surface area (Å²) in [5.41, 5.74) is 3.21. The molecule has 1 aromatic heterocycles. The Morgan fingerprint density at radius 1 is 1.02 bits per heavy atom. The third-order valence-electron chi connectivity index (χ3n) is 7.38. The van der Waals surface area contributed by atoms with Crippen molar-refractivity contribution in [2.75, 3.05) is 32.5 Å². The highest BCUT2D eigenvalue weighted by Gasteiger charge is 2.31. The average Bonchev–Trinajstić information content (AvgIpc) is 3.34. The van der Waals surface area contributed by atoms with Gasteiger partial charge in [-0.15, -0.1) is 10.2 Å². The summed E-state index contributed by atoms with van der Waals surface area (Å²) < 4.78 is 7.33. The molecule has 0 saturated carbocycles. The highest BCUT2D eigenvalue weighted by molar-refractivity contribution is 7.99. The van der Waals surface area contributed by atoms with Crippen molar-refractivity contribution in [3.05, 3.63) is 54.1 Å². The van der Waals surface area contributed by atoms with E-state index in [1.54, 1.807) is 7.11 Å². The van der Waals surface area contributed by atoms with Gasteiger partial charge in [0.1, 0.15) is 5.75 Å². The van der Waals surface area contributed by atoms with E-state index >= 15 is 0 Å². The van der Waals surface area contributed by atoms with Gasteiger partial charge in [-0.1, -0.05) is 69.3 Å². The number of carbonyl (C=O) groups is 2. The number of carbonyl (C=O) groups excluding carboxylic acids is 2. The number of benzene rings is 2. The fourth-order valence-corrected chi connectivity index (χ4v) is 6.38. The topological polar surface area (TPSA) is 80.6 Å². The van der Waals surface area contributed by atoms with E-state index in [4.69, 9.17) is 4.74 Å². The maximum absolute atomic E-state index is 13.3. The van der Waals surface area contributed by atoms with Crippen molar-refractivity contribution in [1.82, 2.24) is 24.6 Å². The molecule has 0 bridgehead atoms. The molecule has 220 valence electrons. The molecule has 1 fully saturated rings. The lowest BCUT2D eigenvalue weighted by Gasteiger charge is -2.40. The van der Waals surface area contributed by atoms with Crippen molar-refractivity contribution in [3.63, 3.8) is 0 Å². The molecule has 8 nitrogen and oxygen atoms in total. The molecular formula is C32H43N5O3S. The summed E-state index contributed by atoms with van der Waals surface area (Å²) >= 11 is 1.38. The Balaban J connectivity index is 1.43. The molecular weight excluding hydrogens is 534 g/mol. The van der Waals surface area contributed by atoms with Gasteiger partial charge in [0.2, 0.25) is 11.8 Å². The number of piperazine rings is 1. The highest BCUT2D eigenvalue weighted by Crippen LogP contribution is 2.30. The fraction of sp³-hybridized carbons (Fsp3) is 0.500. The Bertz CT molecular complexity index is 1330. The number of aromatic nitrogens is 3. The molecule has 41 heavy (non-hydrogen) atoms. The first-order chi connectivity index (χ1) is 19.4.